The van der Waals surface area contributed by atoms with Crippen LogP contribution in [0.5, 0.6) is 5.75 Å². The standard InChI is InChI=1S/C23H15F3N4O4/c24-23(25,26)15-7-9-16(10-8-15)30-21(32)19(12-27-30)29-28-18-6-2-5-17(20(18)31)13-3-1-4-14(11-13)22(33)34/h1-12,27,31H,(H,33,34). The maximum Gasteiger partial charge on any atom is 0.416 e. The lowest BCUT2D eigenvalue weighted by Gasteiger charge is -2.07. The smallest absolute Gasteiger partial charge is 0.416 e. The Kier molecular flexibility index (Phi) is 5.76. The van der Waals surface area contributed by atoms with Crippen molar-refractivity contribution < 1.29 is 28.2 Å². The van der Waals surface area contributed by atoms with E-state index in [0.29, 0.717) is 11.1 Å². The predicted molar refractivity (Wildman–Crippen MR) is 116 cm³/mol. The van der Waals surface area contributed by atoms with Crippen LogP contribution in [0.3, 0.4) is 0 Å². The van der Waals surface area contributed by atoms with Gasteiger partial charge in [-0.1, -0.05) is 24.3 Å². The zero-order valence-corrected chi connectivity index (χ0v) is 17.1. The van der Waals surface area contributed by atoms with Crippen LogP contribution in [-0.2, 0) is 6.18 Å². The summed E-state index contributed by atoms with van der Waals surface area (Å²) in [6.07, 6.45) is -3.27. The molecule has 0 fully saturated rings. The fourth-order valence-electron chi connectivity index (χ4n) is 3.20. The highest BCUT2D eigenvalue weighted by Crippen LogP contribution is 2.38. The normalized spacial score (nSPS) is 11.7. The van der Waals surface area contributed by atoms with Crippen LogP contribution in [0.15, 0.2) is 87.9 Å². The van der Waals surface area contributed by atoms with Crippen molar-refractivity contribution >= 4 is 17.3 Å². The van der Waals surface area contributed by atoms with E-state index in [0.717, 1.165) is 28.9 Å². The number of aromatic nitrogens is 2. The van der Waals surface area contributed by atoms with Crippen LogP contribution >= 0.6 is 0 Å². The van der Waals surface area contributed by atoms with Crippen molar-refractivity contribution in [3.63, 3.8) is 0 Å². The predicted octanol–water partition coefficient (Wildman–Crippen LogP) is 5.67. The van der Waals surface area contributed by atoms with Gasteiger partial charge in [-0.2, -0.15) is 13.2 Å². The van der Waals surface area contributed by atoms with Crippen molar-refractivity contribution in [3.8, 4) is 22.6 Å². The third kappa shape index (κ3) is 4.44. The molecule has 3 aromatic carbocycles. The number of aromatic hydroxyl groups is 1. The van der Waals surface area contributed by atoms with E-state index in [-0.39, 0.29) is 28.4 Å². The number of rotatable bonds is 5. The molecule has 0 bridgehead atoms. The highest BCUT2D eigenvalue weighted by Gasteiger charge is 2.30. The number of aromatic amines is 1. The number of H-pyrrole nitrogens is 1. The van der Waals surface area contributed by atoms with Crippen molar-refractivity contribution in [1.82, 2.24) is 9.78 Å². The zero-order valence-electron chi connectivity index (χ0n) is 17.1. The molecule has 1 heterocycles. The largest absolute Gasteiger partial charge is 0.505 e. The first-order valence-electron chi connectivity index (χ1n) is 9.70. The van der Waals surface area contributed by atoms with Crippen LogP contribution in [0.4, 0.5) is 24.5 Å². The topological polar surface area (TPSA) is 120 Å². The van der Waals surface area contributed by atoms with E-state index in [9.17, 15) is 27.9 Å². The number of phenolic OH excluding ortho intramolecular Hbond substituents is 1. The van der Waals surface area contributed by atoms with Gasteiger partial charge in [-0.05, 0) is 48.0 Å². The molecule has 0 unspecified atom stereocenters. The van der Waals surface area contributed by atoms with Gasteiger partial charge in [0.15, 0.2) is 11.4 Å². The number of carbonyl (C=O) groups is 1. The molecule has 4 aromatic rings. The van der Waals surface area contributed by atoms with Gasteiger partial charge in [0.05, 0.1) is 23.0 Å². The number of aromatic carboxylic acids is 1. The van der Waals surface area contributed by atoms with Gasteiger partial charge in [-0.15, -0.1) is 10.2 Å². The van der Waals surface area contributed by atoms with Gasteiger partial charge in [0, 0.05) is 5.56 Å². The minimum absolute atomic E-state index is 0.0277. The minimum atomic E-state index is -4.50. The molecule has 0 saturated carbocycles. The molecular weight excluding hydrogens is 453 g/mol. The zero-order chi connectivity index (χ0) is 24.5. The van der Waals surface area contributed by atoms with Crippen molar-refractivity contribution in [3.05, 3.63) is 94.4 Å². The third-order valence-corrected chi connectivity index (χ3v) is 4.91. The van der Waals surface area contributed by atoms with E-state index in [1.54, 1.807) is 18.2 Å². The number of phenols is 1. The Hall–Kier alpha value is -4.67. The van der Waals surface area contributed by atoms with E-state index in [1.807, 2.05) is 0 Å². The average molecular weight is 468 g/mol. The third-order valence-electron chi connectivity index (χ3n) is 4.91. The van der Waals surface area contributed by atoms with Gasteiger partial charge in [-0.3, -0.25) is 9.89 Å². The Morgan fingerprint density at radius 3 is 2.29 bits per heavy atom. The van der Waals surface area contributed by atoms with Gasteiger partial charge in [-0.25, -0.2) is 9.48 Å². The molecule has 0 saturated heterocycles. The first-order valence-corrected chi connectivity index (χ1v) is 9.70. The molecule has 0 aliphatic carbocycles. The van der Waals surface area contributed by atoms with E-state index >= 15 is 0 Å². The number of carboxylic acids is 1. The maximum atomic E-state index is 12.7. The number of halogens is 3. The fraction of sp³-hybridized carbons (Fsp3) is 0.0435. The first kappa shape index (κ1) is 22.5. The second-order valence-corrected chi connectivity index (χ2v) is 7.10. The van der Waals surface area contributed by atoms with Gasteiger partial charge in [0.25, 0.3) is 5.56 Å². The van der Waals surface area contributed by atoms with Crippen LogP contribution in [0.25, 0.3) is 16.8 Å². The molecule has 3 N–H and O–H groups in total. The van der Waals surface area contributed by atoms with Crippen LogP contribution in [-0.4, -0.2) is 26.0 Å². The number of alkyl halides is 3. The van der Waals surface area contributed by atoms with E-state index in [2.05, 4.69) is 15.3 Å². The van der Waals surface area contributed by atoms with E-state index < -0.39 is 23.3 Å². The monoisotopic (exact) mass is 468 g/mol. The number of azo groups is 1. The second kappa shape index (κ2) is 8.70. The number of hydrogen-bond acceptors (Lipinski definition) is 5. The van der Waals surface area contributed by atoms with E-state index in [4.69, 9.17) is 5.11 Å². The Bertz CT molecular complexity index is 1450. The summed E-state index contributed by atoms with van der Waals surface area (Å²) < 4.78 is 39.2. The van der Waals surface area contributed by atoms with Crippen molar-refractivity contribution in [2.75, 3.05) is 0 Å². The number of nitrogens with zero attached hydrogens (tertiary/aromatic N) is 3. The van der Waals surface area contributed by atoms with Crippen molar-refractivity contribution in [2.45, 2.75) is 6.18 Å². The molecule has 0 aliphatic heterocycles. The summed E-state index contributed by atoms with van der Waals surface area (Å²) in [7, 11) is 0. The van der Waals surface area contributed by atoms with Crippen LogP contribution in [0.2, 0.25) is 0 Å². The lowest BCUT2D eigenvalue weighted by molar-refractivity contribution is -0.137. The van der Waals surface area contributed by atoms with Crippen LogP contribution in [0, 0.1) is 0 Å². The lowest BCUT2D eigenvalue weighted by atomic mass is 10.0. The molecule has 172 valence electrons. The van der Waals surface area contributed by atoms with Gasteiger partial charge < -0.3 is 10.2 Å². The number of carboxylic acid groups (broad SMARTS) is 1. The van der Waals surface area contributed by atoms with Gasteiger partial charge in [0.2, 0.25) is 0 Å². The SMILES string of the molecule is O=C(O)c1cccc(-c2cccc(N=Nc3c[nH]n(-c4ccc(C(F)(F)F)cc4)c3=O)c2O)c1. The van der Waals surface area contributed by atoms with Crippen LogP contribution < -0.4 is 5.56 Å². The summed E-state index contributed by atoms with van der Waals surface area (Å²) >= 11 is 0. The second-order valence-electron chi connectivity index (χ2n) is 7.10. The summed E-state index contributed by atoms with van der Waals surface area (Å²) in [4.78, 5) is 23.8. The highest BCUT2D eigenvalue weighted by molar-refractivity contribution is 5.90. The Balaban J connectivity index is 1.63. The van der Waals surface area contributed by atoms with E-state index in [1.165, 1.54) is 30.5 Å². The molecule has 34 heavy (non-hydrogen) atoms. The molecule has 0 atom stereocenters. The number of hydrogen-bond donors (Lipinski definition) is 3. The number of para-hydroxylation sites is 1. The molecule has 8 nitrogen and oxygen atoms in total. The lowest BCUT2D eigenvalue weighted by Crippen LogP contribution is -2.14. The first-order chi connectivity index (χ1) is 16.1. The summed E-state index contributed by atoms with van der Waals surface area (Å²) in [6.45, 7) is 0. The molecule has 1 aromatic heterocycles. The highest BCUT2D eigenvalue weighted by atomic mass is 19.4. The molecule has 0 spiro atoms. The van der Waals surface area contributed by atoms with Gasteiger partial charge >= 0.3 is 12.1 Å². The van der Waals surface area contributed by atoms with Crippen molar-refractivity contribution in [2.24, 2.45) is 10.2 Å². The molecular formula is C23H15F3N4O4. The molecule has 4 rings (SSSR count). The summed E-state index contributed by atoms with van der Waals surface area (Å²) in [5.74, 6) is -1.39. The molecule has 11 heteroatoms. The molecule has 0 radical (unpaired) electrons. The fourth-order valence-corrected chi connectivity index (χ4v) is 3.20. The average Bonchev–Trinajstić information content (AvgIpc) is 3.18. The number of nitrogens with one attached hydrogen (secondary N) is 1. The molecule has 0 amide bonds. The Morgan fingerprint density at radius 2 is 1.62 bits per heavy atom. The Labute approximate surface area is 189 Å². The minimum Gasteiger partial charge on any atom is -0.505 e. The van der Waals surface area contributed by atoms with Crippen LogP contribution in [0.1, 0.15) is 15.9 Å². The molecule has 0 aliphatic rings. The maximum absolute atomic E-state index is 12.7. The Morgan fingerprint density at radius 1 is 0.941 bits per heavy atom. The summed E-state index contributed by atoms with van der Waals surface area (Å²) in [5.41, 5.74) is -0.648. The number of benzene rings is 3. The van der Waals surface area contributed by atoms with Crippen molar-refractivity contribution in [1.29, 1.82) is 0 Å². The van der Waals surface area contributed by atoms with Gasteiger partial charge in [0.1, 0.15) is 5.69 Å². The summed E-state index contributed by atoms with van der Waals surface area (Å²) in [6, 6.07) is 14.6. The quantitative estimate of drug-likeness (QED) is 0.327. The summed E-state index contributed by atoms with van der Waals surface area (Å²) in [5, 5.41) is 30.1.